The second-order valence-electron chi connectivity index (χ2n) is 8.67. The second kappa shape index (κ2) is 12.8. The number of nitrogens with one attached hydrogen (secondary N) is 1. The molecular weight excluding hydrogens is 526 g/mol. The molecule has 0 aliphatic heterocycles. The van der Waals surface area contributed by atoms with Crippen molar-refractivity contribution in [2.24, 2.45) is 0 Å². The largest absolute Gasteiger partial charge is 0.497 e. The molecule has 3 rings (SSSR count). The van der Waals surface area contributed by atoms with Gasteiger partial charge in [0.1, 0.15) is 18.3 Å². The molecule has 3 aromatic carbocycles. The van der Waals surface area contributed by atoms with E-state index in [0.29, 0.717) is 17.2 Å². The summed E-state index contributed by atoms with van der Waals surface area (Å²) in [5.74, 6) is -0.223. The van der Waals surface area contributed by atoms with E-state index in [2.05, 4.69) is 5.32 Å². The van der Waals surface area contributed by atoms with Gasteiger partial charge in [-0.1, -0.05) is 54.9 Å². The minimum atomic E-state index is -4.14. The van der Waals surface area contributed by atoms with Crippen molar-refractivity contribution < 1.29 is 22.7 Å². The monoisotopic (exact) mass is 557 g/mol. The molecule has 0 radical (unpaired) electrons. The van der Waals surface area contributed by atoms with Crippen molar-refractivity contribution in [3.63, 3.8) is 0 Å². The standard InChI is InChI=1S/C28H32ClN3O5S/c1-5-26(28(34)30-3)31(18-21-12-15-23(37-4)16-13-21)27(33)19-32(22-14-11-20(2)25(29)17-22)38(35,36)24-9-7-6-8-10-24/h6-17,26H,5,18-19H2,1-4H3,(H,30,34)/t26-/m0/s1. The molecular formula is C28H32ClN3O5S. The van der Waals surface area contributed by atoms with E-state index in [9.17, 15) is 18.0 Å². The molecule has 2 amide bonds. The summed E-state index contributed by atoms with van der Waals surface area (Å²) in [5.41, 5.74) is 1.78. The van der Waals surface area contributed by atoms with Gasteiger partial charge in [-0.25, -0.2) is 8.42 Å². The Labute approximate surface area is 229 Å². The highest BCUT2D eigenvalue weighted by molar-refractivity contribution is 7.92. The summed E-state index contributed by atoms with van der Waals surface area (Å²) in [7, 11) is -1.08. The first kappa shape index (κ1) is 29.0. The number of carbonyl (C=O) groups is 2. The van der Waals surface area contributed by atoms with Crippen molar-refractivity contribution in [1.29, 1.82) is 0 Å². The Morgan fingerprint density at radius 3 is 2.24 bits per heavy atom. The fourth-order valence-electron chi connectivity index (χ4n) is 4.00. The van der Waals surface area contributed by atoms with Crippen LogP contribution in [0.25, 0.3) is 0 Å². The molecule has 0 spiro atoms. The number of ether oxygens (including phenoxy) is 1. The number of amides is 2. The van der Waals surface area contributed by atoms with Crippen molar-refractivity contribution in [2.45, 2.75) is 37.8 Å². The van der Waals surface area contributed by atoms with Crippen LogP contribution < -0.4 is 14.4 Å². The zero-order valence-electron chi connectivity index (χ0n) is 21.8. The fourth-order valence-corrected chi connectivity index (χ4v) is 5.60. The molecule has 1 atom stereocenters. The van der Waals surface area contributed by atoms with E-state index in [1.807, 2.05) is 0 Å². The molecule has 0 unspecified atom stereocenters. The van der Waals surface area contributed by atoms with Gasteiger partial charge in [-0.2, -0.15) is 0 Å². The highest BCUT2D eigenvalue weighted by Gasteiger charge is 2.33. The van der Waals surface area contributed by atoms with E-state index in [1.54, 1.807) is 75.6 Å². The molecule has 3 aromatic rings. The van der Waals surface area contributed by atoms with Gasteiger partial charge in [-0.05, 0) is 60.9 Å². The molecule has 0 saturated carbocycles. The Hall–Kier alpha value is -3.56. The number of likely N-dealkylation sites (N-methyl/N-ethyl adjacent to an activating group) is 1. The van der Waals surface area contributed by atoms with Crippen molar-refractivity contribution in [3.05, 3.63) is 88.9 Å². The number of methoxy groups -OCH3 is 1. The first-order valence-corrected chi connectivity index (χ1v) is 13.9. The SMILES string of the molecule is CC[C@@H](C(=O)NC)N(Cc1ccc(OC)cc1)C(=O)CN(c1ccc(C)c(Cl)c1)S(=O)(=O)c1ccccc1. The van der Waals surface area contributed by atoms with Gasteiger partial charge >= 0.3 is 0 Å². The maximum absolute atomic E-state index is 13.9. The van der Waals surface area contributed by atoms with Crippen LogP contribution in [0.5, 0.6) is 5.75 Å². The molecule has 0 saturated heterocycles. The number of aryl methyl sites for hydroxylation is 1. The lowest BCUT2D eigenvalue weighted by molar-refractivity contribution is -0.140. The van der Waals surface area contributed by atoms with E-state index in [-0.39, 0.29) is 23.0 Å². The van der Waals surface area contributed by atoms with Crippen molar-refractivity contribution in [1.82, 2.24) is 10.2 Å². The van der Waals surface area contributed by atoms with Crippen molar-refractivity contribution in [3.8, 4) is 5.75 Å². The van der Waals surface area contributed by atoms with Crippen LogP contribution in [-0.4, -0.2) is 51.9 Å². The smallest absolute Gasteiger partial charge is 0.264 e. The summed E-state index contributed by atoms with van der Waals surface area (Å²) < 4.78 is 33.8. The van der Waals surface area contributed by atoms with Crippen LogP contribution in [0.1, 0.15) is 24.5 Å². The van der Waals surface area contributed by atoms with E-state index < -0.39 is 28.5 Å². The molecule has 8 nitrogen and oxygen atoms in total. The summed E-state index contributed by atoms with van der Waals surface area (Å²) >= 11 is 6.34. The first-order valence-electron chi connectivity index (χ1n) is 12.1. The Morgan fingerprint density at radius 2 is 1.68 bits per heavy atom. The summed E-state index contributed by atoms with van der Waals surface area (Å²) in [4.78, 5) is 28.1. The molecule has 0 fully saturated rings. The second-order valence-corrected chi connectivity index (χ2v) is 10.9. The number of sulfonamides is 1. The van der Waals surface area contributed by atoms with Gasteiger partial charge in [0.15, 0.2) is 0 Å². The summed E-state index contributed by atoms with van der Waals surface area (Å²) in [6.07, 6.45) is 0.337. The minimum Gasteiger partial charge on any atom is -0.497 e. The first-order chi connectivity index (χ1) is 18.1. The maximum Gasteiger partial charge on any atom is 0.264 e. The van der Waals surface area contributed by atoms with E-state index in [0.717, 1.165) is 15.4 Å². The quantitative estimate of drug-likeness (QED) is 0.377. The van der Waals surface area contributed by atoms with Gasteiger partial charge in [0, 0.05) is 18.6 Å². The third kappa shape index (κ3) is 6.65. The molecule has 0 heterocycles. The van der Waals surface area contributed by atoms with Gasteiger partial charge in [0.25, 0.3) is 10.0 Å². The lowest BCUT2D eigenvalue weighted by Gasteiger charge is -2.33. The number of halogens is 1. The third-order valence-corrected chi connectivity index (χ3v) is 8.39. The molecule has 0 bridgehead atoms. The average molecular weight is 558 g/mol. The van der Waals surface area contributed by atoms with Crippen LogP contribution in [0.15, 0.2) is 77.7 Å². The van der Waals surface area contributed by atoms with Crippen LogP contribution in [0, 0.1) is 6.92 Å². The van der Waals surface area contributed by atoms with Crippen molar-refractivity contribution >= 4 is 39.1 Å². The summed E-state index contributed by atoms with van der Waals surface area (Å²) in [6.45, 7) is 3.18. The Morgan fingerprint density at radius 1 is 1.03 bits per heavy atom. The van der Waals surface area contributed by atoms with Crippen LogP contribution in [0.3, 0.4) is 0 Å². The summed E-state index contributed by atoms with van der Waals surface area (Å²) in [5, 5.41) is 2.98. The fraction of sp³-hybridized carbons (Fsp3) is 0.286. The third-order valence-electron chi connectivity index (χ3n) is 6.20. The maximum atomic E-state index is 13.9. The van der Waals surface area contributed by atoms with E-state index in [1.165, 1.54) is 30.1 Å². The Bertz CT molecular complexity index is 1360. The number of hydrogen-bond acceptors (Lipinski definition) is 5. The van der Waals surface area contributed by atoms with Crippen LogP contribution in [0.2, 0.25) is 5.02 Å². The number of carbonyl (C=O) groups excluding carboxylic acids is 2. The van der Waals surface area contributed by atoms with E-state index >= 15 is 0 Å². The predicted molar refractivity (Wildman–Crippen MR) is 149 cm³/mol. The van der Waals surface area contributed by atoms with Gasteiger partial charge in [-0.3, -0.25) is 13.9 Å². The van der Waals surface area contributed by atoms with Crippen LogP contribution >= 0.6 is 11.6 Å². The van der Waals surface area contributed by atoms with Crippen LogP contribution in [-0.2, 0) is 26.2 Å². The topological polar surface area (TPSA) is 96.0 Å². The van der Waals surface area contributed by atoms with Crippen molar-refractivity contribution in [2.75, 3.05) is 25.0 Å². The molecule has 1 N–H and O–H groups in total. The van der Waals surface area contributed by atoms with Gasteiger partial charge in [0.05, 0.1) is 17.7 Å². The number of rotatable bonds is 11. The molecule has 38 heavy (non-hydrogen) atoms. The highest BCUT2D eigenvalue weighted by Crippen LogP contribution is 2.28. The van der Waals surface area contributed by atoms with Gasteiger partial charge < -0.3 is 15.0 Å². The minimum absolute atomic E-state index is 0.0320. The molecule has 202 valence electrons. The predicted octanol–water partition coefficient (Wildman–Crippen LogP) is 4.41. The lowest BCUT2D eigenvalue weighted by Crippen LogP contribution is -2.51. The molecule has 0 aliphatic rings. The normalized spacial score (nSPS) is 11.9. The van der Waals surface area contributed by atoms with E-state index in [4.69, 9.17) is 16.3 Å². The number of nitrogens with zero attached hydrogens (tertiary/aromatic N) is 2. The van der Waals surface area contributed by atoms with Gasteiger partial charge in [0.2, 0.25) is 11.8 Å². The van der Waals surface area contributed by atoms with Gasteiger partial charge in [-0.15, -0.1) is 0 Å². The lowest BCUT2D eigenvalue weighted by atomic mass is 10.1. The number of hydrogen-bond donors (Lipinski definition) is 1. The Kier molecular flexibility index (Phi) is 9.77. The number of benzene rings is 3. The average Bonchev–Trinajstić information content (AvgIpc) is 2.93. The molecule has 10 heteroatoms. The zero-order chi connectivity index (χ0) is 27.9. The molecule has 0 aromatic heterocycles. The summed E-state index contributed by atoms with van der Waals surface area (Å²) in [6, 6.07) is 19.0. The van der Waals surface area contributed by atoms with Crippen LogP contribution in [0.4, 0.5) is 5.69 Å². The molecule has 0 aliphatic carbocycles. The Balaban J connectivity index is 2.06. The number of anilines is 1. The zero-order valence-corrected chi connectivity index (χ0v) is 23.4. The highest BCUT2D eigenvalue weighted by atomic mass is 35.5.